The third-order valence-electron chi connectivity index (χ3n) is 3.54. The van der Waals surface area contributed by atoms with Gasteiger partial charge in [-0.1, -0.05) is 43.6 Å². The Morgan fingerprint density at radius 1 is 1.30 bits per heavy atom. The molecule has 0 saturated heterocycles. The number of benzene rings is 1. The molecule has 0 fully saturated rings. The summed E-state index contributed by atoms with van der Waals surface area (Å²) in [6.45, 7) is 9.33. The van der Waals surface area contributed by atoms with E-state index in [2.05, 4.69) is 35.1 Å². The summed E-state index contributed by atoms with van der Waals surface area (Å²) in [4.78, 5) is 0. The topological polar surface area (TPSA) is 41.5 Å². The number of ether oxygens (including phenoxy) is 1. The number of hydrogen-bond acceptors (Lipinski definition) is 3. The van der Waals surface area contributed by atoms with Crippen molar-refractivity contribution in [1.82, 2.24) is 5.32 Å². The summed E-state index contributed by atoms with van der Waals surface area (Å²) in [6, 6.07) is 6.38. The molecule has 0 aliphatic rings. The second-order valence-electron chi connectivity index (χ2n) is 5.51. The van der Waals surface area contributed by atoms with Crippen LogP contribution in [0.3, 0.4) is 0 Å². The second-order valence-corrected chi connectivity index (χ2v) is 6.36. The molecule has 0 unspecified atom stereocenters. The normalized spacial score (nSPS) is 11.9. The van der Waals surface area contributed by atoms with Crippen molar-refractivity contribution in [2.45, 2.75) is 58.7 Å². The molecular formula is C16H26BrNO2. The van der Waals surface area contributed by atoms with E-state index in [1.54, 1.807) is 0 Å². The van der Waals surface area contributed by atoms with E-state index in [1.165, 1.54) is 0 Å². The fraction of sp³-hybridized carbons (Fsp3) is 0.625. The molecule has 0 saturated carbocycles. The van der Waals surface area contributed by atoms with Crippen molar-refractivity contribution in [2.24, 2.45) is 0 Å². The average molecular weight is 344 g/mol. The maximum atomic E-state index is 10.2. The molecule has 0 radical (unpaired) electrons. The quantitative estimate of drug-likeness (QED) is 0.752. The van der Waals surface area contributed by atoms with Gasteiger partial charge in [-0.3, -0.25) is 0 Å². The Labute approximate surface area is 130 Å². The zero-order valence-electron chi connectivity index (χ0n) is 12.9. The first-order valence-corrected chi connectivity index (χ1v) is 8.06. The van der Waals surface area contributed by atoms with Gasteiger partial charge in [0, 0.05) is 17.1 Å². The van der Waals surface area contributed by atoms with E-state index >= 15 is 0 Å². The van der Waals surface area contributed by atoms with Crippen LogP contribution >= 0.6 is 15.9 Å². The summed E-state index contributed by atoms with van der Waals surface area (Å²) in [5.74, 6) is 0.800. The Balaban J connectivity index is 2.69. The van der Waals surface area contributed by atoms with Crippen molar-refractivity contribution in [2.75, 3.05) is 6.61 Å². The molecule has 1 aromatic rings. The molecular weight excluding hydrogens is 318 g/mol. The molecule has 1 aromatic carbocycles. The molecule has 0 atom stereocenters. The first-order valence-electron chi connectivity index (χ1n) is 7.27. The molecule has 2 N–H and O–H groups in total. The van der Waals surface area contributed by atoms with Gasteiger partial charge in [0.05, 0.1) is 5.60 Å². The highest BCUT2D eigenvalue weighted by atomic mass is 79.9. The molecule has 0 heterocycles. The lowest BCUT2D eigenvalue weighted by molar-refractivity contribution is -0.0113. The van der Waals surface area contributed by atoms with Crippen molar-refractivity contribution in [1.29, 1.82) is 0 Å². The van der Waals surface area contributed by atoms with Gasteiger partial charge >= 0.3 is 0 Å². The molecule has 114 valence electrons. The fourth-order valence-corrected chi connectivity index (χ4v) is 2.15. The lowest BCUT2D eigenvalue weighted by Gasteiger charge is -2.25. The molecule has 0 aliphatic heterocycles. The predicted octanol–water partition coefficient (Wildman–Crippen LogP) is 3.88. The van der Waals surface area contributed by atoms with Gasteiger partial charge in [0.25, 0.3) is 0 Å². The van der Waals surface area contributed by atoms with Crippen LogP contribution in [0.4, 0.5) is 0 Å². The molecule has 20 heavy (non-hydrogen) atoms. The van der Waals surface area contributed by atoms with E-state index in [0.717, 1.165) is 22.3 Å². The summed E-state index contributed by atoms with van der Waals surface area (Å²) in [6.07, 6.45) is 1.39. The number of nitrogens with one attached hydrogen (secondary N) is 1. The smallest absolute Gasteiger partial charge is 0.119 e. The van der Waals surface area contributed by atoms with Gasteiger partial charge in [0.15, 0.2) is 0 Å². The zero-order chi connectivity index (χ0) is 15.2. The van der Waals surface area contributed by atoms with Gasteiger partial charge in [-0.25, -0.2) is 0 Å². The molecule has 3 nitrogen and oxygen atoms in total. The Morgan fingerprint density at radius 2 is 1.95 bits per heavy atom. The molecule has 0 aromatic heterocycles. The van der Waals surface area contributed by atoms with Crippen LogP contribution in [-0.4, -0.2) is 23.4 Å². The third-order valence-corrected chi connectivity index (χ3v) is 4.32. The van der Waals surface area contributed by atoms with Crippen molar-refractivity contribution >= 4 is 15.9 Å². The van der Waals surface area contributed by atoms with Crippen LogP contribution in [0, 0.1) is 0 Å². The lowest BCUT2D eigenvalue weighted by Crippen LogP contribution is -2.34. The summed E-state index contributed by atoms with van der Waals surface area (Å²) in [5, 5.41) is 13.6. The summed E-state index contributed by atoms with van der Waals surface area (Å²) >= 11 is 3.55. The van der Waals surface area contributed by atoms with E-state index in [4.69, 9.17) is 4.74 Å². The van der Waals surface area contributed by atoms with Crippen molar-refractivity contribution in [3.8, 4) is 5.75 Å². The average Bonchev–Trinajstić information content (AvgIpc) is 2.44. The molecule has 1 rings (SSSR count). The van der Waals surface area contributed by atoms with E-state index in [-0.39, 0.29) is 0 Å². The highest BCUT2D eigenvalue weighted by Gasteiger charge is 2.23. The summed E-state index contributed by atoms with van der Waals surface area (Å²) < 4.78 is 6.83. The Hall–Kier alpha value is -0.580. The van der Waals surface area contributed by atoms with Gasteiger partial charge in [0.1, 0.15) is 12.4 Å². The largest absolute Gasteiger partial charge is 0.491 e. The Bertz CT molecular complexity index is 417. The fourth-order valence-electron chi connectivity index (χ4n) is 1.76. The number of rotatable bonds is 8. The van der Waals surface area contributed by atoms with Crippen LogP contribution in [0.15, 0.2) is 22.7 Å². The van der Waals surface area contributed by atoms with Crippen LogP contribution in [0.25, 0.3) is 0 Å². The van der Waals surface area contributed by atoms with E-state index in [1.807, 2.05) is 32.0 Å². The van der Waals surface area contributed by atoms with Crippen molar-refractivity contribution < 1.29 is 9.84 Å². The monoisotopic (exact) mass is 343 g/mol. The van der Waals surface area contributed by atoms with Gasteiger partial charge in [-0.05, 0) is 36.6 Å². The van der Waals surface area contributed by atoms with Crippen LogP contribution in [0.2, 0.25) is 0 Å². The van der Waals surface area contributed by atoms with Crippen molar-refractivity contribution in [3.05, 3.63) is 28.2 Å². The van der Waals surface area contributed by atoms with Gasteiger partial charge in [-0.15, -0.1) is 0 Å². The van der Waals surface area contributed by atoms with Crippen LogP contribution < -0.4 is 10.1 Å². The third kappa shape index (κ3) is 5.43. The van der Waals surface area contributed by atoms with Gasteiger partial charge in [-0.2, -0.15) is 0 Å². The second kappa shape index (κ2) is 8.01. The lowest BCUT2D eigenvalue weighted by atomic mass is 9.99. The first kappa shape index (κ1) is 17.5. The van der Waals surface area contributed by atoms with E-state index in [0.29, 0.717) is 25.5 Å². The number of aliphatic hydroxyl groups is 1. The standard InChI is InChI=1S/C16H26BrNO2/c1-5-16(19,6-2)11-20-14-7-8-15(17)13(9-14)10-18-12(3)4/h7-9,12,18-19H,5-6,10-11H2,1-4H3. The number of halogens is 1. The van der Waals surface area contributed by atoms with Crippen LogP contribution in [-0.2, 0) is 6.54 Å². The van der Waals surface area contributed by atoms with Crippen LogP contribution in [0.5, 0.6) is 5.75 Å². The highest BCUT2D eigenvalue weighted by Crippen LogP contribution is 2.24. The highest BCUT2D eigenvalue weighted by molar-refractivity contribution is 9.10. The molecule has 4 heteroatoms. The summed E-state index contributed by atoms with van der Waals surface area (Å²) in [5.41, 5.74) is 0.427. The van der Waals surface area contributed by atoms with Crippen LogP contribution in [0.1, 0.15) is 46.1 Å². The summed E-state index contributed by atoms with van der Waals surface area (Å²) in [7, 11) is 0. The minimum absolute atomic E-state index is 0.332. The maximum Gasteiger partial charge on any atom is 0.119 e. The minimum Gasteiger partial charge on any atom is -0.491 e. The number of hydrogen-bond donors (Lipinski definition) is 2. The minimum atomic E-state index is -0.733. The van der Waals surface area contributed by atoms with Gasteiger partial charge in [0.2, 0.25) is 0 Å². The van der Waals surface area contributed by atoms with Gasteiger partial charge < -0.3 is 15.2 Å². The Kier molecular flexibility index (Phi) is 7.00. The first-order chi connectivity index (χ1) is 9.40. The molecule has 0 bridgehead atoms. The Morgan fingerprint density at radius 3 is 2.50 bits per heavy atom. The van der Waals surface area contributed by atoms with Crippen molar-refractivity contribution in [3.63, 3.8) is 0 Å². The SMILES string of the molecule is CCC(O)(CC)COc1ccc(Br)c(CNC(C)C)c1. The molecule has 0 amide bonds. The predicted molar refractivity (Wildman–Crippen MR) is 87.1 cm³/mol. The maximum absolute atomic E-state index is 10.2. The van der Waals surface area contributed by atoms with E-state index < -0.39 is 5.60 Å². The molecule has 0 spiro atoms. The van der Waals surface area contributed by atoms with E-state index in [9.17, 15) is 5.11 Å². The molecule has 0 aliphatic carbocycles. The zero-order valence-corrected chi connectivity index (χ0v) is 14.5.